The Morgan fingerprint density at radius 3 is 3.00 bits per heavy atom. The third-order valence-corrected chi connectivity index (χ3v) is 2.27. The van der Waals surface area contributed by atoms with Gasteiger partial charge >= 0.3 is 0 Å². The second kappa shape index (κ2) is 3.89. The zero-order valence-corrected chi connectivity index (χ0v) is 7.99. The van der Waals surface area contributed by atoms with E-state index in [1.807, 2.05) is 0 Å². The summed E-state index contributed by atoms with van der Waals surface area (Å²) in [5, 5.41) is 0. The Morgan fingerprint density at radius 2 is 2.21 bits per heavy atom. The van der Waals surface area contributed by atoms with E-state index in [4.69, 9.17) is 16.2 Å². The number of hydrogen-bond donors (Lipinski definition) is 2. The Labute approximate surface area is 82.5 Å². The third-order valence-electron chi connectivity index (χ3n) is 2.27. The topological polar surface area (TPSA) is 87.0 Å². The fourth-order valence-electron chi connectivity index (χ4n) is 1.58. The zero-order valence-electron chi connectivity index (χ0n) is 7.99. The Morgan fingerprint density at radius 1 is 1.36 bits per heavy atom. The number of rotatable bonds is 2. The molecule has 4 N–H and O–H groups in total. The molecule has 0 saturated carbocycles. The second-order valence-electron chi connectivity index (χ2n) is 3.29. The minimum Gasteiger partial charge on any atom is -0.383 e. The maximum Gasteiger partial charge on any atom is 0.132 e. The molecule has 0 atom stereocenters. The molecule has 2 rings (SSSR count). The van der Waals surface area contributed by atoms with E-state index in [0.717, 1.165) is 17.7 Å². The Hall–Kier alpha value is -1.20. The Kier molecular flexibility index (Phi) is 2.60. The first-order valence-electron chi connectivity index (χ1n) is 4.73. The summed E-state index contributed by atoms with van der Waals surface area (Å²) < 4.78 is 5.31. The van der Waals surface area contributed by atoms with Gasteiger partial charge in [-0.25, -0.2) is 9.97 Å². The van der Waals surface area contributed by atoms with Crippen LogP contribution >= 0.6 is 0 Å². The van der Waals surface area contributed by atoms with Crippen molar-refractivity contribution in [3.8, 4) is 0 Å². The van der Waals surface area contributed by atoms with Crippen molar-refractivity contribution in [3.63, 3.8) is 0 Å². The van der Waals surface area contributed by atoms with Gasteiger partial charge < -0.3 is 16.2 Å². The number of aromatic nitrogens is 2. The molecule has 0 radical (unpaired) electrons. The fraction of sp³-hybridized carbons (Fsp3) is 0.556. The molecule has 0 spiro atoms. The van der Waals surface area contributed by atoms with Crippen LogP contribution in [0.5, 0.6) is 0 Å². The predicted molar refractivity (Wildman–Crippen MR) is 52.6 cm³/mol. The molecule has 76 valence electrons. The van der Waals surface area contributed by atoms with E-state index in [9.17, 15) is 0 Å². The lowest BCUT2D eigenvalue weighted by Crippen LogP contribution is -2.18. The summed E-state index contributed by atoms with van der Waals surface area (Å²) in [6, 6.07) is 0. The Bertz CT molecular complexity index is 340. The third kappa shape index (κ3) is 1.69. The summed E-state index contributed by atoms with van der Waals surface area (Å²) in [4.78, 5) is 8.58. The standard InChI is InChI=1S/C9H14N4O/c10-3-1-8-12-7-5-14-4-2-6(7)9(11)13-8/h1-5,10H2,(H2,11,12,13). The van der Waals surface area contributed by atoms with E-state index in [1.165, 1.54) is 0 Å². The van der Waals surface area contributed by atoms with Gasteiger partial charge in [0.1, 0.15) is 11.6 Å². The largest absolute Gasteiger partial charge is 0.383 e. The first-order chi connectivity index (χ1) is 6.81. The monoisotopic (exact) mass is 194 g/mol. The van der Waals surface area contributed by atoms with E-state index in [1.54, 1.807) is 0 Å². The highest BCUT2D eigenvalue weighted by Crippen LogP contribution is 2.19. The van der Waals surface area contributed by atoms with Crippen LogP contribution < -0.4 is 11.5 Å². The van der Waals surface area contributed by atoms with Gasteiger partial charge in [-0.2, -0.15) is 0 Å². The first kappa shape index (κ1) is 9.36. The number of anilines is 1. The molecule has 0 saturated heterocycles. The minimum atomic E-state index is 0.541. The molecule has 0 aromatic carbocycles. The maximum atomic E-state index is 5.82. The molecule has 1 aromatic rings. The van der Waals surface area contributed by atoms with Crippen LogP contribution in [0, 0.1) is 0 Å². The van der Waals surface area contributed by atoms with Crippen molar-refractivity contribution >= 4 is 5.82 Å². The molecule has 1 aromatic heterocycles. The molecule has 0 amide bonds. The summed E-state index contributed by atoms with van der Waals surface area (Å²) in [6.45, 7) is 1.79. The van der Waals surface area contributed by atoms with Gasteiger partial charge in [0.05, 0.1) is 18.9 Å². The number of nitrogens with two attached hydrogens (primary N) is 2. The van der Waals surface area contributed by atoms with Gasteiger partial charge in [-0.15, -0.1) is 0 Å². The van der Waals surface area contributed by atoms with E-state index >= 15 is 0 Å². The first-order valence-corrected chi connectivity index (χ1v) is 4.73. The second-order valence-corrected chi connectivity index (χ2v) is 3.29. The van der Waals surface area contributed by atoms with Gasteiger partial charge in [0, 0.05) is 18.4 Å². The molecule has 2 heterocycles. The summed E-state index contributed by atoms with van der Waals surface area (Å²) in [7, 11) is 0. The van der Waals surface area contributed by atoms with Crippen molar-refractivity contribution in [3.05, 3.63) is 17.1 Å². The minimum absolute atomic E-state index is 0.541. The summed E-state index contributed by atoms with van der Waals surface area (Å²) in [6.07, 6.45) is 1.47. The van der Waals surface area contributed by atoms with Crippen LogP contribution in [0.15, 0.2) is 0 Å². The lowest BCUT2D eigenvalue weighted by atomic mass is 10.1. The Balaban J connectivity index is 2.36. The molecule has 14 heavy (non-hydrogen) atoms. The fourth-order valence-corrected chi connectivity index (χ4v) is 1.58. The normalized spacial score (nSPS) is 15.2. The van der Waals surface area contributed by atoms with E-state index in [-0.39, 0.29) is 0 Å². The average molecular weight is 194 g/mol. The molecular weight excluding hydrogens is 180 g/mol. The van der Waals surface area contributed by atoms with Crippen molar-refractivity contribution in [2.45, 2.75) is 19.4 Å². The summed E-state index contributed by atoms with van der Waals surface area (Å²) in [5.74, 6) is 1.30. The molecule has 0 bridgehead atoms. The van der Waals surface area contributed by atoms with Gasteiger partial charge in [0.15, 0.2) is 0 Å². The summed E-state index contributed by atoms with van der Waals surface area (Å²) >= 11 is 0. The average Bonchev–Trinajstić information content (AvgIpc) is 2.18. The number of fused-ring (bicyclic) bond motifs is 1. The van der Waals surface area contributed by atoms with Gasteiger partial charge in [0.2, 0.25) is 0 Å². The van der Waals surface area contributed by atoms with E-state index in [2.05, 4.69) is 9.97 Å². The van der Waals surface area contributed by atoms with Crippen molar-refractivity contribution in [2.24, 2.45) is 5.73 Å². The van der Waals surface area contributed by atoms with Gasteiger partial charge in [0.25, 0.3) is 0 Å². The van der Waals surface area contributed by atoms with Crippen LogP contribution in [0.1, 0.15) is 17.1 Å². The van der Waals surface area contributed by atoms with Crippen LogP contribution in [0.25, 0.3) is 0 Å². The predicted octanol–water partition coefficient (Wildman–Crippen LogP) is -0.367. The van der Waals surface area contributed by atoms with E-state index in [0.29, 0.717) is 37.8 Å². The maximum absolute atomic E-state index is 5.82. The summed E-state index contributed by atoms with van der Waals surface area (Å²) in [5.41, 5.74) is 13.2. The number of ether oxygens (including phenoxy) is 1. The highest BCUT2D eigenvalue weighted by atomic mass is 16.5. The SMILES string of the molecule is NCCc1nc(N)c2c(n1)COCC2. The number of hydrogen-bond acceptors (Lipinski definition) is 5. The quantitative estimate of drug-likeness (QED) is 0.671. The van der Waals surface area contributed by atoms with Gasteiger partial charge in [-0.1, -0.05) is 0 Å². The molecule has 5 heteroatoms. The van der Waals surface area contributed by atoms with Crippen molar-refractivity contribution in [1.29, 1.82) is 0 Å². The van der Waals surface area contributed by atoms with Crippen molar-refractivity contribution < 1.29 is 4.74 Å². The smallest absolute Gasteiger partial charge is 0.132 e. The van der Waals surface area contributed by atoms with E-state index < -0.39 is 0 Å². The zero-order chi connectivity index (χ0) is 9.97. The van der Waals surface area contributed by atoms with Crippen LogP contribution in [0.3, 0.4) is 0 Å². The lowest BCUT2D eigenvalue weighted by molar-refractivity contribution is 0.107. The molecule has 0 unspecified atom stereocenters. The molecule has 1 aliphatic rings. The number of nitrogens with zero attached hydrogens (tertiary/aromatic N) is 2. The molecular formula is C9H14N4O. The highest BCUT2D eigenvalue weighted by Gasteiger charge is 2.15. The van der Waals surface area contributed by atoms with Crippen LogP contribution in [-0.2, 0) is 24.2 Å². The number of nitrogen functional groups attached to an aromatic ring is 1. The van der Waals surface area contributed by atoms with Crippen molar-refractivity contribution in [2.75, 3.05) is 18.9 Å². The molecule has 0 fully saturated rings. The van der Waals surface area contributed by atoms with Gasteiger partial charge in [-0.3, -0.25) is 0 Å². The van der Waals surface area contributed by atoms with Crippen LogP contribution in [0.2, 0.25) is 0 Å². The van der Waals surface area contributed by atoms with Crippen molar-refractivity contribution in [1.82, 2.24) is 9.97 Å². The lowest BCUT2D eigenvalue weighted by Gasteiger charge is -2.17. The molecule has 0 aliphatic carbocycles. The van der Waals surface area contributed by atoms with Gasteiger partial charge in [-0.05, 0) is 6.54 Å². The molecule has 1 aliphatic heterocycles. The highest BCUT2D eigenvalue weighted by molar-refractivity contribution is 5.43. The molecule has 5 nitrogen and oxygen atoms in total. The van der Waals surface area contributed by atoms with Crippen LogP contribution in [-0.4, -0.2) is 23.1 Å². The van der Waals surface area contributed by atoms with Crippen LogP contribution in [0.4, 0.5) is 5.82 Å².